The molecule has 0 spiro atoms. The van der Waals surface area contributed by atoms with Crippen molar-refractivity contribution in [2.75, 3.05) is 18.6 Å². The molecular weight excluding hydrogens is 260 g/mol. The zero-order valence-corrected chi connectivity index (χ0v) is 13.2. The first kappa shape index (κ1) is 16.5. The third-order valence-corrected chi connectivity index (χ3v) is 4.54. The Labute approximate surface area is 119 Å². The molecule has 0 bridgehead atoms. The van der Waals surface area contributed by atoms with Crippen molar-refractivity contribution in [2.45, 2.75) is 52.0 Å². The van der Waals surface area contributed by atoms with Crippen LogP contribution in [-0.2, 0) is 10.8 Å². The zero-order valence-electron chi connectivity index (χ0n) is 12.4. The topological polar surface area (TPSA) is 58.2 Å². The van der Waals surface area contributed by atoms with Crippen LogP contribution in [0.25, 0.3) is 0 Å². The largest absolute Gasteiger partial charge is 0.337 e. The molecule has 0 aliphatic heterocycles. The normalized spacial score (nSPS) is 24.4. The molecule has 1 fully saturated rings. The van der Waals surface area contributed by atoms with E-state index in [1.165, 1.54) is 25.7 Å². The Bertz CT molecular complexity index is 308. The van der Waals surface area contributed by atoms with Crippen molar-refractivity contribution in [2.24, 2.45) is 11.8 Å². The van der Waals surface area contributed by atoms with E-state index >= 15 is 0 Å². The van der Waals surface area contributed by atoms with Gasteiger partial charge in [-0.1, -0.05) is 26.7 Å². The van der Waals surface area contributed by atoms with Crippen molar-refractivity contribution in [3.8, 4) is 0 Å². The van der Waals surface area contributed by atoms with Gasteiger partial charge in [0.1, 0.15) is 0 Å². The van der Waals surface area contributed by atoms with Crippen LogP contribution < -0.4 is 10.6 Å². The number of urea groups is 1. The van der Waals surface area contributed by atoms with Gasteiger partial charge >= 0.3 is 6.03 Å². The molecule has 4 nitrogen and oxygen atoms in total. The molecule has 19 heavy (non-hydrogen) atoms. The van der Waals surface area contributed by atoms with Crippen molar-refractivity contribution >= 4 is 16.8 Å². The number of carbonyl (C=O) groups excluding carboxylic acids is 1. The summed E-state index contributed by atoms with van der Waals surface area (Å²) in [6.45, 7) is 4.97. The van der Waals surface area contributed by atoms with Crippen LogP contribution in [0.2, 0.25) is 0 Å². The monoisotopic (exact) mass is 288 g/mol. The Hall–Kier alpha value is -0.580. The zero-order chi connectivity index (χ0) is 14.3. The van der Waals surface area contributed by atoms with E-state index in [0.717, 1.165) is 12.3 Å². The Morgan fingerprint density at radius 1 is 1.37 bits per heavy atom. The minimum atomic E-state index is -0.844. The fraction of sp³-hybridized carbons (Fsp3) is 0.929. The van der Waals surface area contributed by atoms with Gasteiger partial charge in [-0.15, -0.1) is 0 Å². The maximum Gasteiger partial charge on any atom is 0.315 e. The second kappa shape index (κ2) is 8.56. The van der Waals surface area contributed by atoms with Crippen LogP contribution in [-0.4, -0.2) is 34.8 Å². The number of rotatable bonds is 7. The Kier molecular flexibility index (Phi) is 7.42. The van der Waals surface area contributed by atoms with E-state index < -0.39 is 10.8 Å². The maximum absolute atomic E-state index is 11.7. The highest BCUT2D eigenvalue weighted by Gasteiger charge is 2.28. The predicted octanol–water partition coefficient (Wildman–Crippen LogP) is 2.27. The van der Waals surface area contributed by atoms with Gasteiger partial charge in [-0.25, -0.2) is 4.79 Å². The van der Waals surface area contributed by atoms with Crippen molar-refractivity contribution in [1.82, 2.24) is 10.6 Å². The molecule has 1 aliphatic rings. The summed E-state index contributed by atoms with van der Waals surface area (Å²) in [7, 11) is -0.844. The van der Waals surface area contributed by atoms with Gasteiger partial charge in [0.2, 0.25) is 0 Å². The number of carbonyl (C=O) groups is 1. The Morgan fingerprint density at radius 3 is 2.74 bits per heavy atom. The molecule has 0 heterocycles. The van der Waals surface area contributed by atoms with Crippen LogP contribution in [0.5, 0.6) is 0 Å². The summed E-state index contributed by atoms with van der Waals surface area (Å²) in [5, 5.41) is 5.86. The molecule has 2 N–H and O–H groups in total. The molecule has 1 aliphatic carbocycles. The van der Waals surface area contributed by atoms with Crippen LogP contribution in [0.15, 0.2) is 0 Å². The lowest BCUT2D eigenvalue weighted by Gasteiger charge is -2.22. The summed E-state index contributed by atoms with van der Waals surface area (Å²) in [5.74, 6) is 1.89. The van der Waals surface area contributed by atoms with Gasteiger partial charge in [-0.2, -0.15) is 0 Å². The molecule has 3 atom stereocenters. The van der Waals surface area contributed by atoms with Crippen molar-refractivity contribution < 1.29 is 9.00 Å². The van der Waals surface area contributed by atoms with E-state index in [9.17, 15) is 9.00 Å². The average Bonchev–Trinajstić information content (AvgIpc) is 2.73. The molecule has 2 amide bonds. The molecular formula is C14H28N2O2S. The fourth-order valence-electron chi connectivity index (χ4n) is 2.65. The summed E-state index contributed by atoms with van der Waals surface area (Å²) >= 11 is 0. The number of hydrogen-bond donors (Lipinski definition) is 2. The standard InChI is InChI=1S/C14H28N2O2S/c1-11(2)7-8-12-5-4-6-13(12)16-14(17)15-9-10-19(3)18/h11-13H,4-10H2,1-3H3,(H2,15,16,17). The highest BCUT2D eigenvalue weighted by molar-refractivity contribution is 7.84. The predicted molar refractivity (Wildman–Crippen MR) is 80.7 cm³/mol. The molecule has 0 aromatic rings. The summed E-state index contributed by atoms with van der Waals surface area (Å²) in [6.07, 6.45) is 7.64. The lowest BCUT2D eigenvalue weighted by molar-refractivity contribution is 0.232. The van der Waals surface area contributed by atoms with Crippen LogP contribution in [0.3, 0.4) is 0 Å². The summed E-state index contributed by atoms with van der Waals surface area (Å²) in [4.78, 5) is 11.7. The maximum atomic E-state index is 11.7. The van der Waals surface area contributed by atoms with Gasteiger partial charge in [-0.05, 0) is 31.1 Å². The Morgan fingerprint density at radius 2 is 2.11 bits per heavy atom. The van der Waals surface area contributed by atoms with E-state index in [4.69, 9.17) is 0 Å². The fourth-order valence-corrected chi connectivity index (χ4v) is 3.04. The van der Waals surface area contributed by atoms with E-state index in [1.54, 1.807) is 6.26 Å². The molecule has 5 heteroatoms. The molecule has 0 radical (unpaired) electrons. The van der Waals surface area contributed by atoms with Crippen molar-refractivity contribution in [1.29, 1.82) is 0 Å². The van der Waals surface area contributed by atoms with Crippen molar-refractivity contribution in [3.63, 3.8) is 0 Å². The number of hydrogen-bond acceptors (Lipinski definition) is 2. The number of nitrogens with one attached hydrogen (secondary N) is 2. The summed E-state index contributed by atoms with van der Waals surface area (Å²) in [6, 6.07) is 0.220. The minimum absolute atomic E-state index is 0.105. The first-order valence-electron chi connectivity index (χ1n) is 7.33. The van der Waals surface area contributed by atoms with Gasteiger partial charge in [0, 0.05) is 35.4 Å². The van der Waals surface area contributed by atoms with Crippen LogP contribution in [0.4, 0.5) is 4.79 Å². The minimum Gasteiger partial charge on any atom is -0.337 e. The SMILES string of the molecule is CC(C)CCC1CCCC1NC(=O)NCCS(C)=O. The van der Waals surface area contributed by atoms with Gasteiger partial charge in [0.05, 0.1) is 0 Å². The molecule has 0 saturated heterocycles. The molecule has 1 rings (SSSR count). The molecule has 3 unspecified atom stereocenters. The second-order valence-electron chi connectivity index (χ2n) is 5.95. The highest BCUT2D eigenvalue weighted by Crippen LogP contribution is 2.30. The van der Waals surface area contributed by atoms with E-state index in [2.05, 4.69) is 24.5 Å². The van der Waals surface area contributed by atoms with Crippen LogP contribution >= 0.6 is 0 Å². The summed E-state index contributed by atoms with van der Waals surface area (Å²) < 4.78 is 10.9. The van der Waals surface area contributed by atoms with Gasteiger partial charge in [0.15, 0.2) is 0 Å². The summed E-state index contributed by atoms with van der Waals surface area (Å²) in [5.41, 5.74) is 0. The lowest BCUT2D eigenvalue weighted by Crippen LogP contribution is -2.44. The van der Waals surface area contributed by atoms with Crippen LogP contribution in [0.1, 0.15) is 46.0 Å². The van der Waals surface area contributed by atoms with Gasteiger partial charge in [-0.3, -0.25) is 4.21 Å². The smallest absolute Gasteiger partial charge is 0.315 e. The molecule has 1 saturated carbocycles. The van der Waals surface area contributed by atoms with E-state index in [-0.39, 0.29) is 6.03 Å². The second-order valence-corrected chi connectivity index (χ2v) is 7.50. The number of amides is 2. The van der Waals surface area contributed by atoms with E-state index in [0.29, 0.717) is 24.3 Å². The Balaban J connectivity index is 2.25. The third kappa shape index (κ3) is 6.95. The van der Waals surface area contributed by atoms with Crippen molar-refractivity contribution in [3.05, 3.63) is 0 Å². The van der Waals surface area contributed by atoms with Gasteiger partial charge in [0.25, 0.3) is 0 Å². The van der Waals surface area contributed by atoms with Gasteiger partial charge < -0.3 is 10.6 Å². The average molecular weight is 288 g/mol. The van der Waals surface area contributed by atoms with E-state index in [1.807, 2.05) is 0 Å². The molecule has 0 aromatic carbocycles. The first-order chi connectivity index (χ1) is 8.99. The lowest BCUT2D eigenvalue weighted by atomic mass is 9.94. The molecule has 0 aromatic heterocycles. The quantitative estimate of drug-likeness (QED) is 0.755. The van der Waals surface area contributed by atoms with Crippen LogP contribution in [0, 0.1) is 11.8 Å². The first-order valence-corrected chi connectivity index (χ1v) is 9.06. The highest BCUT2D eigenvalue weighted by atomic mass is 32.2. The third-order valence-electron chi connectivity index (χ3n) is 3.77. The molecule has 112 valence electrons.